The van der Waals surface area contributed by atoms with Gasteiger partial charge in [0.2, 0.25) is 0 Å². The van der Waals surface area contributed by atoms with E-state index in [0.717, 1.165) is 32.6 Å². The molecule has 0 bridgehead atoms. The monoisotopic (exact) mass is 209 g/mol. The predicted octanol–water partition coefficient (Wildman–Crippen LogP) is 0.566. The maximum absolute atomic E-state index is 11.5. The minimum Gasteiger partial charge on any atom is -0.381 e. The number of carbonyl (C=O) groups is 1. The maximum atomic E-state index is 11.5. The van der Waals surface area contributed by atoms with E-state index in [0.29, 0.717) is 11.6 Å². The number of nitrogens with zero attached hydrogens (tertiary/aromatic N) is 1. The van der Waals surface area contributed by atoms with E-state index in [-0.39, 0.29) is 5.91 Å². The lowest BCUT2D eigenvalue weighted by molar-refractivity contribution is 0.0642. The molecule has 5 nitrogen and oxygen atoms in total. The molecule has 2 rings (SSSR count). The van der Waals surface area contributed by atoms with Gasteiger partial charge < -0.3 is 15.0 Å². The van der Waals surface area contributed by atoms with Gasteiger partial charge in [-0.15, -0.1) is 0 Å². The summed E-state index contributed by atoms with van der Waals surface area (Å²) in [7, 11) is 0. The van der Waals surface area contributed by atoms with Gasteiger partial charge in [-0.3, -0.25) is 4.79 Å². The first-order chi connectivity index (χ1) is 7.36. The molecule has 15 heavy (non-hydrogen) atoms. The second-order valence-electron chi connectivity index (χ2n) is 3.73. The summed E-state index contributed by atoms with van der Waals surface area (Å²) in [6.07, 6.45) is 5.09. The van der Waals surface area contributed by atoms with E-state index >= 15 is 0 Å². The van der Waals surface area contributed by atoms with Crippen molar-refractivity contribution < 1.29 is 9.53 Å². The smallest absolute Gasteiger partial charge is 0.269 e. The van der Waals surface area contributed by atoms with E-state index in [4.69, 9.17) is 4.74 Å². The van der Waals surface area contributed by atoms with Crippen LogP contribution in [0.5, 0.6) is 0 Å². The molecule has 0 aromatic carbocycles. The summed E-state index contributed by atoms with van der Waals surface area (Å²) >= 11 is 0. The Hall–Kier alpha value is -1.36. The zero-order chi connectivity index (χ0) is 10.5. The third kappa shape index (κ3) is 2.79. The van der Waals surface area contributed by atoms with Gasteiger partial charge in [0.1, 0.15) is 5.69 Å². The van der Waals surface area contributed by atoms with E-state index < -0.39 is 0 Å². The Morgan fingerprint density at radius 1 is 1.60 bits per heavy atom. The molecule has 1 aromatic rings. The molecule has 0 aliphatic carbocycles. The Morgan fingerprint density at radius 2 is 2.40 bits per heavy atom. The molecule has 0 atom stereocenters. The molecule has 2 heterocycles. The molecule has 0 unspecified atom stereocenters. The number of ether oxygens (including phenoxy) is 1. The number of hydrogen-bond donors (Lipinski definition) is 2. The van der Waals surface area contributed by atoms with Crippen molar-refractivity contribution in [2.75, 3.05) is 19.8 Å². The third-order valence-corrected chi connectivity index (χ3v) is 2.64. The van der Waals surface area contributed by atoms with Gasteiger partial charge in [-0.1, -0.05) is 0 Å². The van der Waals surface area contributed by atoms with Gasteiger partial charge in [0.25, 0.3) is 5.91 Å². The van der Waals surface area contributed by atoms with Crippen molar-refractivity contribution >= 4 is 5.91 Å². The molecular weight excluding hydrogens is 194 g/mol. The molecule has 1 aliphatic rings. The first-order valence-electron chi connectivity index (χ1n) is 5.20. The summed E-state index contributed by atoms with van der Waals surface area (Å²) in [5.74, 6) is 0.463. The lowest BCUT2D eigenvalue weighted by Gasteiger charge is -2.21. The largest absolute Gasteiger partial charge is 0.381 e. The minimum atomic E-state index is -0.0843. The zero-order valence-electron chi connectivity index (χ0n) is 8.53. The van der Waals surface area contributed by atoms with Crippen molar-refractivity contribution in [1.82, 2.24) is 15.3 Å². The van der Waals surface area contributed by atoms with Crippen LogP contribution in [0.15, 0.2) is 12.5 Å². The number of rotatable bonds is 3. The number of hydrogen-bond acceptors (Lipinski definition) is 3. The Morgan fingerprint density at radius 3 is 3.07 bits per heavy atom. The topological polar surface area (TPSA) is 67.0 Å². The Bertz CT molecular complexity index is 304. The lowest BCUT2D eigenvalue weighted by Crippen LogP contribution is -2.32. The summed E-state index contributed by atoms with van der Waals surface area (Å²) in [5.41, 5.74) is 0.516. The molecule has 0 saturated carbocycles. The molecule has 1 saturated heterocycles. The fourth-order valence-corrected chi connectivity index (χ4v) is 1.66. The van der Waals surface area contributed by atoms with Crippen LogP contribution >= 0.6 is 0 Å². The van der Waals surface area contributed by atoms with Crippen molar-refractivity contribution in [1.29, 1.82) is 0 Å². The highest BCUT2D eigenvalue weighted by Gasteiger charge is 2.15. The number of H-pyrrole nitrogens is 1. The summed E-state index contributed by atoms with van der Waals surface area (Å²) in [6.45, 7) is 2.34. The van der Waals surface area contributed by atoms with Crippen LogP contribution in [0.1, 0.15) is 23.3 Å². The molecule has 1 fully saturated rings. The van der Waals surface area contributed by atoms with Gasteiger partial charge in [-0.2, -0.15) is 0 Å². The summed E-state index contributed by atoms with van der Waals surface area (Å²) in [4.78, 5) is 18.1. The molecule has 1 amide bonds. The van der Waals surface area contributed by atoms with Gasteiger partial charge in [-0.25, -0.2) is 4.98 Å². The van der Waals surface area contributed by atoms with Crippen molar-refractivity contribution in [3.05, 3.63) is 18.2 Å². The summed E-state index contributed by atoms with van der Waals surface area (Å²) in [5, 5.41) is 2.89. The Labute approximate surface area is 88.2 Å². The van der Waals surface area contributed by atoms with E-state index in [1.807, 2.05) is 0 Å². The third-order valence-electron chi connectivity index (χ3n) is 2.64. The number of aromatic amines is 1. The molecule has 2 N–H and O–H groups in total. The van der Waals surface area contributed by atoms with Crippen molar-refractivity contribution in [2.24, 2.45) is 5.92 Å². The molecule has 82 valence electrons. The van der Waals surface area contributed by atoms with Gasteiger partial charge >= 0.3 is 0 Å². The Balaban J connectivity index is 1.75. The second-order valence-corrected chi connectivity index (χ2v) is 3.73. The molecule has 1 aromatic heterocycles. The van der Waals surface area contributed by atoms with E-state index in [1.54, 1.807) is 0 Å². The van der Waals surface area contributed by atoms with Gasteiger partial charge in [0.15, 0.2) is 0 Å². The number of amides is 1. The SMILES string of the molecule is O=C(NCC1CCOCC1)c1cnc[nH]1. The van der Waals surface area contributed by atoms with Crippen LogP contribution in [0.3, 0.4) is 0 Å². The van der Waals surface area contributed by atoms with Crippen molar-refractivity contribution in [3.63, 3.8) is 0 Å². The minimum absolute atomic E-state index is 0.0843. The molecule has 0 radical (unpaired) electrons. The highest BCUT2D eigenvalue weighted by Crippen LogP contribution is 2.13. The quantitative estimate of drug-likeness (QED) is 0.764. The predicted molar refractivity (Wildman–Crippen MR) is 54.5 cm³/mol. The molecule has 5 heteroatoms. The van der Waals surface area contributed by atoms with Crippen LogP contribution in [0, 0.1) is 5.92 Å². The van der Waals surface area contributed by atoms with E-state index in [9.17, 15) is 4.79 Å². The van der Waals surface area contributed by atoms with Gasteiger partial charge in [0.05, 0.1) is 12.5 Å². The van der Waals surface area contributed by atoms with E-state index in [1.165, 1.54) is 12.5 Å². The second kappa shape index (κ2) is 4.93. The van der Waals surface area contributed by atoms with Crippen LogP contribution in [0.25, 0.3) is 0 Å². The first-order valence-corrected chi connectivity index (χ1v) is 5.20. The molecular formula is C10H15N3O2. The van der Waals surface area contributed by atoms with Crippen LogP contribution in [0.2, 0.25) is 0 Å². The fraction of sp³-hybridized carbons (Fsp3) is 0.600. The average Bonchev–Trinajstić information content (AvgIpc) is 2.81. The van der Waals surface area contributed by atoms with Gasteiger partial charge in [-0.05, 0) is 18.8 Å². The van der Waals surface area contributed by atoms with E-state index in [2.05, 4.69) is 15.3 Å². The maximum Gasteiger partial charge on any atom is 0.269 e. The number of imidazole rings is 1. The highest BCUT2D eigenvalue weighted by molar-refractivity contribution is 5.91. The standard InChI is InChI=1S/C10H15N3O2/c14-10(9-6-11-7-13-9)12-5-8-1-3-15-4-2-8/h6-8H,1-5H2,(H,11,13)(H,12,14). The molecule has 0 spiro atoms. The summed E-state index contributed by atoms with van der Waals surface area (Å²) in [6, 6.07) is 0. The normalized spacial score (nSPS) is 17.6. The lowest BCUT2D eigenvalue weighted by atomic mass is 10.0. The Kier molecular flexibility index (Phi) is 3.34. The first kappa shape index (κ1) is 10.2. The van der Waals surface area contributed by atoms with Crippen molar-refractivity contribution in [2.45, 2.75) is 12.8 Å². The van der Waals surface area contributed by atoms with Crippen LogP contribution in [0.4, 0.5) is 0 Å². The van der Waals surface area contributed by atoms with Crippen LogP contribution < -0.4 is 5.32 Å². The molecule has 1 aliphatic heterocycles. The average molecular weight is 209 g/mol. The number of nitrogens with one attached hydrogen (secondary N) is 2. The van der Waals surface area contributed by atoms with Crippen LogP contribution in [-0.2, 0) is 4.74 Å². The zero-order valence-corrected chi connectivity index (χ0v) is 8.53. The van der Waals surface area contributed by atoms with Gasteiger partial charge in [0, 0.05) is 19.8 Å². The highest BCUT2D eigenvalue weighted by atomic mass is 16.5. The number of aromatic nitrogens is 2. The fourth-order valence-electron chi connectivity index (χ4n) is 1.66. The number of carbonyl (C=O) groups excluding carboxylic acids is 1. The van der Waals surface area contributed by atoms with Crippen LogP contribution in [-0.4, -0.2) is 35.6 Å². The summed E-state index contributed by atoms with van der Waals surface area (Å²) < 4.78 is 5.25. The van der Waals surface area contributed by atoms with Crippen molar-refractivity contribution in [3.8, 4) is 0 Å².